The fourth-order valence-electron chi connectivity index (χ4n) is 1.59. The van der Waals surface area contributed by atoms with Crippen molar-refractivity contribution in [3.63, 3.8) is 0 Å². The van der Waals surface area contributed by atoms with Crippen LogP contribution in [0.2, 0.25) is 0 Å². The van der Waals surface area contributed by atoms with Gasteiger partial charge in [0.1, 0.15) is 0 Å². The average Bonchev–Trinajstić information content (AvgIpc) is 2.60. The predicted octanol–water partition coefficient (Wildman–Crippen LogP) is 4.32. The molecule has 3 heteroatoms. The molecular weight excluding hydrogens is 282 g/mol. The van der Waals surface area contributed by atoms with Crippen molar-refractivity contribution in [2.24, 2.45) is 11.8 Å². The van der Waals surface area contributed by atoms with Gasteiger partial charge in [0.05, 0.1) is 0 Å². The van der Waals surface area contributed by atoms with E-state index in [1.54, 1.807) is 0 Å². The molecule has 1 rings (SSSR count). The predicted molar refractivity (Wildman–Crippen MR) is 77.2 cm³/mol. The van der Waals surface area contributed by atoms with Gasteiger partial charge in [0.25, 0.3) is 0 Å². The van der Waals surface area contributed by atoms with Gasteiger partial charge in [0.15, 0.2) is 0 Å². The summed E-state index contributed by atoms with van der Waals surface area (Å²) in [6.45, 7) is 10.2. The first kappa shape index (κ1) is 14.2. The zero-order chi connectivity index (χ0) is 12.1. The highest BCUT2D eigenvalue weighted by molar-refractivity contribution is 9.10. The number of hydrogen-bond acceptors (Lipinski definition) is 2. The molecule has 0 aliphatic heterocycles. The highest BCUT2D eigenvalue weighted by atomic mass is 79.9. The fraction of sp³-hybridized carbons (Fsp3) is 0.692. The van der Waals surface area contributed by atoms with Crippen LogP contribution in [0.3, 0.4) is 0 Å². The van der Waals surface area contributed by atoms with Crippen LogP contribution >= 0.6 is 27.3 Å². The summed E-state index contributed by atoms with van der Waals surface area (Å²) in [5.74, 6) is 1.44. The van der Waals surface area contributed by atoms with E-state index in [4.69, 9.17) is 0 Å². The summed E-state index contributed by atoms with van der Waals surface area (Å²) in [6, 6.07) is 2.73. The normalized spacial score (nSPS) is 15.4. The van der Waals surface area contributed by atoms with Gasteiger partial charge in [-0.3, -0.25) is 0 Å². The average molecular weight is 304 g/mol. The van der Waals surface area contributed by atoms with Crippen LogP contribution in [-0.2, 0) is 6.42 Å². The van der Waals surface area contributed by atoms with E-state index >= 15 is 0 Å². The van der Waals surface area contributed by atoms with E-state index in [1.165, 1.54) is 15.8 Å². The van der Waals surface area contributed by atoms with E-state index in [9.17, 15) is 0 Å². The van der Waals surface area contributed by atoms with E-state index in [0.717, 1.165) is 18.4 Å². The molecule has 1 N–H and O–H groups in total. The molecule has 0 radical (unpaired) electrons. The van der Waals surface area contributed by atoms with Gasteiger partial charge in [-0.25, -0.2) is 0 Å². The third kappa shape index (κ3) is 4.56. The Morgan fingerprint density at radius 3 is 2.44 bits per heavy atom. The van der Waals surface area contributed by atoms with Gasteiger partial charge in [0, 0.05) is 15.4 Å². The molecule has 2 atom stereocenters. The Morgan fingerprint density at radius 1 is 1.25 bits per heavy atom. The second-order valence-corrected chi connectivity index (χ2v) is 6.77. The lowest BCUT2D eigenvalue weighted by Crippen LogP contribution is -2.30. The Morgan fingerprint density at radius 2 is 1.94 bits per heavy atom. The molecule has 0 aliphatic rings. The summed E-state index contributed by atoms with van der Waals surface area (Å²) in [7, 11) is 0. The molecule has 1 aromatic heterocycles. The molecule has 1 heterocycles. The van der Waals surface area contributed by atoms with Gasteiger partial charge in [0.2, 0.25) is 0 Å². The summed E-state index contributed by atoms with van der Waals surface area (Å²) >= 11 is 5.45. The van der Waals surface area contributed by atoms with Crippen molar-refractivity contribution in [1.82, 2.24) is 5.32 Å². The second kappa shape index (κ2) is 6.77. The summed E-state index contributed by atoms with van der Waals surface area (Å²) in [4.78, 5) is 1.48. The van der Waals surface area contributed by atoms with Crippen LogP contribution in [0, 0.1) is 11.8 Å². The minimum absolute atomic E-state index is 0.586. The van der Waals surface area contributed by atoms with Crippen molar-refractivity contribution >= 4 is 27.3 Å². The third-order valence-corrected chi connectivity index (χ3v) is 4.97. The molecule has 1 nitrogen and oxygen atoms in total. The SMILES string of the molecule is CC(C)NCC(C)C(C)Cc1sccc1Br. The quantitative estimate of drug-likeness (QED) is 0.825. The lowest BCUT2D eigenvalue weighted by molar-refractivity contribution is 0.355. The van der Waals surface area contributed by atoms with Crippen molar-refractivity contribution in [3.05, 3.63) is 20.8 Å². The third-order valence-electron chi connectivity index (χ3n) is 3.02. The van der Waals surface area contributed by atoms with Crippen molar-refractivity contribution in [1.29, 1.82) is 0 Å². The largest absolute Gasteiger partial charge is 0.314 e. The lowest BCUT2D eigenvalue weighted by Gasteiger charge is -2.21. The number of thiophene rings is 1. The minimum Gasteiger partial charge on any atom is -0.314 e. The van der Waals surface area contributed by atoms with Crippen molar-refractivity contribution in [2.75, 3.05) is 6.54 Å². The van der Waals surface area contributed by atoms with Gasteiger partial charge in [-0.1, -0.05) is 27.7 Å². The van der Waals surface area contributed by atoms with Crippen LogP contribution in [0.25, 0.3) is 0 Å². The Labute approximate surface area is 112 Å². The van der Waals surface area contributed by atoms with E-state index < -0.39 is 0 Å². The molecular formula is C13H22BrNS. The fourth-order valence-corrected chi connectivity index (χ4v) is 3.24. The first-order valence-electron chi connectivity index (χ1n) is 5.96. The molecule has 92 valence electrons. The summed E-state index contributed by atoms with van der Waals surface area (Å²) in [5, 5.41) is 5.67. The van der Waals surface area contributed by atoms with E-state index in [-0.39, 0.29) is 0 Å². The number of halogens is 1. The number of nitrogens with one attached hydrogen (secondary N) is 1. The topological polar surface area (TPSA) is 12.0 Å². The molecule has 0 aromatic carbocycles. The maximum absolute atomic E-state index is 3.60. The monoisotopic (exact) mass is 303 g/mol. The van der Waals surface area contributed by atoms with Gasteiger partial charge in [-0.2, -0.15) is 0 Å². The van der Waals surface area contributed by atoms with Crippen LogP contribution < -0.4 is 5.32 Å². The van der Waals surface area contributed by atoms with Gasteiger partial charge in [-0.05, 0) is 52.2 Å². The van der Waals surface area contributed by atoms with Gasteiger partial charge in [-0.15, -0.1) is 11.3 Å². The molecule has 0 amide bonds. The zero-order valence-electron chi connectivity index (χ0n) is 10.6. The summed E-state index contributed by atoms with van der Waals surface area (Å²) in [6.07, 6.45) is 1.18. The molecule has 0 aliphatic carbocycles. The molecule has 0 fully saturated rings. The molecule has 0 spiro atoms. The zero-order valence-corrected chi connectivity index (χ0v) is 13.0. The first-order chi connectivity index (χ1) is 7.50. The minimum atomic E-state index is 0.586. The Hall–Kier alpha value is 0.140. The first-order valence-corrected chi connectivity index (χ1v) is 7.63. The maximum atomic E-state index is 3.60. The van der Waals surface area contributed by atoms with Crippen molar-refractivity contribution < 1.29 is 0 Å². The summed E-state index contributed by atoms with van der Waals surface area (Å²) in [5.41, 5.74) is 0. The maximum Gasteiger partial charge on any atom is 0.0314 e. The standard InChI is InChI=1S/C13H22BrNS/c1-9(2)15-8-11(4)10(3)7-13-12(14)5-6-16-13/h5-6,9-11,15H,7-8H2,1-4H3. The van der Waals surface area contributed by atoms with Gasteiger partial charge >= 0.3 is 0 Å². The molecule has 0 bridgehead atoms. The molecule has 1 aromatic rings. The smallest absolute Gasteiger partial charge is 0.0314 e. The Kier molecular flexibility index (Phi) is 6.01. The highest BCUT2D eigenvalue weighted by Crippen LogP contribution is 2.27. The van der Waals surface area contributed by atoms with E-state index in [0.29, 0.717) is 6.04 Å². The Bertz CT molecular complexity index is 309. The van der Waals surface area contributed by atoms with Crippen molar-refractivity contribution in [3.8, 4) is 0 Å². The van der Waals surface area contributed by atoms with Crippen molar-refractivity contribution in [2.45, 2.75) is 40.2 Å². The lowest BCUT2D eigenvalue weighted by atomic mass is 9.92. The van der Waals surface area contributed by atoms with Crippen LogP contribution in [0.4, 0.5) is 0 Å². The van der Waals surface area contributed by atoms with Crippen LogP contribution in [-0.4, -0.2) is 12.6 Å². The molecule has 16 heavy (non-hydrogen) atoms. The van der Waals surface area contributed by atoms with Crippen LogP contribution in [0.15, 0.2) is 15.9 Å². The molecule has 2 unspecified atom stereocenters. The summed E-state index contributed by atoms with van der Waals surface area (Å²) < 4.78 is 1.27. The molecule has 0 saturated carbocycles. The van der Waals surface area contributed by atoms with E-state index in [2.05, 4.69) is 60.4 Å². The van der Waals surface area contributed by atoms with Crippen LogP contribution in [0.5, 0.6) is 0 Å². The second-order valence-electron chi connectivity index (χ2n) is 4.91. The number of hydrogen-bond donors (Lipinski definition) is 1. The van der Waals surface area contributed by atoms with Gasteiger partial charge < -0.3 is 5.32 Å². The van der Waals surface area contributed by atoms with Crippen LogP contribution in [0.1, 0.15) is 32.6 Å². The Balaban J connectivity index is 2.40. The van der Waals surface area contributed by atoms with E-state index in [1.807, 2.05) is 11.3 Å². The number of rotatable bonds is 6. The molecule has 0 saturated heterocycles. The highest BCUT2D eigenvalue weighted by Gasteiger charge is 2.15.